The Hall–Kier alpha value is -4.41. The van der Waals surface area contributed by atoms with E-state index < -0.39 is 22.5 Å². The molecule has 1 aromatic heterocycles. The fourth-order valence-electron chi connectivity index (χ4n) is 4.70. The first-order valence-electron chi connectivity index (χ1n) is 13.2. The number of methoxy groups -OCH3 is 2. The van der Waals surface area contributed by atoms with E-state index in [1.807, 2.05) is 44.2 Å². The van der Waals surface area contributed by atoms with Crippen LogP contribution in [0.1, 0.15) is 16.7 Å². The number of benzene rings is 4. The first-order chi connectivity index (χ1) is 20.1. The minimum atomic E-state index is -4.16. The molecule has 0 atom stereocenters. The summed E-state index contributed by atoms with van der Waals surface area (Å²) in [5, 5.41) is 3.73. The van der Waals surface area contributed by atoms with E-state index in [9.17, 15) is 13.2 Å². The maximum Gasteiger partial charge on any atom is 0.264 e. The molecule has 0 fully saturated rings. The van der Waals surface area contributed by atoms with E-state index in [1.54, 1.807) is 35.6 Å². The number of rotatable bonds is 9. The molecule has 216 valence electrons. The molecule has 4 aromatic carbocycles. The van der Waals surface area contributed by atoms with Gasteiger partial charge in [-0.3, -0.25) is 9.10 Å². The third-order valence-corrected chi connectivity index (χ3v) is 9.52. The molecule has 0 saturated carbocycles. The van der Waals surface area contributed by atoms with Crippen LogP contribution in [0.4, 0.5) is 11.4 Å². The van der Waals surface area contributed by atoms with Gasteiger partial charge in [0.15, 0.2) is 11.5 Å². The normalized spacial score (nSPS) is 11.4. The number of hydrogen-bond donors (Lipinski definition) is 1. The molecule has 0 aliphatic rings. The molecule has 0 radical (unpaired) electrons. The Morgan fingerprint density at radius 1 is 0.833 bits per heavy atom. The number of aromatic nitrogens is 1. The molecule has 1 N–H and O–H groups in total. The van der Waals surface area contributed by atoms with Gasteiger partial charge in [0.05, 0.1) is 35.0 Å². The van der Waals surface area contributed by atoms with E-state index in [0.29, 0.717) is 17.1 Å². The third kappa shape index (κ3) is 6.09. The van der Waals surface area contributed by atoms with E-state index in [-0.39, 0.29) is 10.6 Å². The number of carbonyl (C=O) groups excluding carboxylic acids is 1. The van der Waals surface area contributed by atoms with Crippen LogP contribution in [0.5, 0.6) is 11.5 Å². The standard InChI is InChI=1S/C32H31N3O5S2/c1-20-6-12-27-30(17-20)41-32(34-27)23-7-9-24(10-8-23)33-31(36)19-35(25-15-21(2)14-22(3)16-25)42(37,38)26-11-13-28(39-4)29(18-26)40-5/h6-18H,19H2,1-5H3,(H,33,36). The monoisotopic (exact) mass is 601 g/mol. The van der Waals surface area contributed by atoms with Crippen LogP contribution in [0.2, 0.25) is 0 Å². The van der Waals surface area contributed by atoms with E-state index in [0.717, 1.165) is 36.2 Å². The lowest BCUT2D eigenvalue weighted by atomic mass is 10.1. The average molecular weight is 602 g/mol. The van der Waals surface area contributed by atoms with Crippen molar-refractivity contribution in [1.29, 1.82) is 0 Å². The van der Waals surface area contributed by atoms with E-state index in [2.05, 4.69) is 18.3 Å². The number of carbonyl (C=O) groups is 1. The Morgan fingerprint density at radius 2 is 1.52 bits per heavy atom. The molecule has 0 aliphatic heterocycles. The molecule has 8 nitrogen and oxygen atoms in total. The number of hydrogen-bond acceptors (Lipinski definition) is 7. The predicted octanol–water partition coefficient (Wildman–Crippen LogP) is 6.74. The highest BCUT2D eigenvalue weighted by Gasteiger charge is 2.29. The zero-order chi connectivity index (χ0) is 30.0. The molecule has 5 aromatic rings. The number of sulfonamides is 1. The fraction of sp³-hybridized carbons (Fsp3) is 0.188. The second-order valence-corrected chi connectivity index (χ2v) is 12.9. The van der Waals surface area contributed by atoms with Gasteiger partial charge < -0.3 is 14.8 Å². The highest BCUT2D eigenvalue weighted by atomic mass is 32.2. The fourth-order valence-corrected chi connectivity index (χ4v) is 7.19. The van der Waals surface area contributed by atoms with Gasteiger partial charge in [0.1, 0.15) is 11.6 Å². The van der Waals surface area contributed by atoms with Crippen molar-refractivity contribution in [2.45, 2.75) is 25.7 Å². The summed E-state index contributed by atoms with van der Waals surface area (Å²) in [4.78, 5) is 18.0. The number of thiazole rings is 1. The number of aryl methyl sites for hydroxylation is 3. The van der Waals surface area contributed by atoms with Gasteiger partial charge in [-0.1, -0.05) is 12.1 Å². The number of fused-ring (bicyclic) bond motifs is 1. The van der Waals surface area contributed by atoms with Gasteiger partial charge in [0, 0.05) is 17.3 Å². The number of ether oxygens (including phenoxy) is 2. The average Bonchev–Trinajstić information content (AvgIpc) is 3.38. The molecule has 10 heteroatoms. The van der Waals surface area contributed by atoms with Gasteiger partial charge in [-0.2, -0.15) is 0 Å². The zero-order valence-electron chi connectivity index (χ0n) is 24.0. The summed E-state index contributed by atoms with van der Waals surface area (Å²) in [5.74, 6) is 0.185. The van der Waals surface area contributed by atoms with Crippen LogP contribution >= 0.6 is 11.3 Å². The topological polar surface area (TPSA) is 97.8 Å². The van der Waals surface area contributed by atoms with E-state index in [4.69, 9.17) is 14.5 Å². The van der Waals surface area contributed by atoms with Gasteiger partial charge in [-0.15, -0.1) is 11.3 Å². The molecule has 42 heavy (non-hydrogen) atoms. The summed E-state index contributed by atoms with van der Waals surface area (Å²) >= 11 is 1.61. The molecule has 1 amide bonds. The van der Waals surface area contributed by atoms with Crippen molar-refractivity contribution in [1.82, 2.24) is 4.98 Å². The SMILES string of the molecule is COc1ccc(S(=O)(=O)N(CC(=O)Nc2ccc(-c3nc4ccc(C)cc4s3)cc2)c2cc(C)cc(C)c2)cc1OC. The van der Waals surface area contributed by atoms with Crippen LogP contribution in [-0.2, 0) is 14.8 Å². The van der Waals surface area contributed by atoms with Crippen molar-refractivity contribution in [2.75, 3.05) is 30.4 Å². The Balaban J connectivity index is 1.41. The Morgan fingerprint density at radius 3 is 2.19 bits per heavy atom. The largest absolute Gasteiger partial charge is 0.493 e. The molecular weight excluding hydrogens is 571 g/mol. The van der Waals surface area contributed by atoms with Crippen LogP contribution in [0.3, 0.4) is 0 Å². The number of nitrogens with one attached hydrogen (secondary N) is 1. The van der Waals surface area contributed by atoms with Gasteiger partial charge in [0.2, 0.25) is 5.91 Å². The van der Waals surface area contributed by atoms with Crippen molar-refractivity contribution in [2.24, 2.45) is 0 Å². The maximum absolute atomic E-state index is 14.0. The van der Waals surface area contributed by atoms with Crippen LogP contribution < -0.4 is 19.1 Å². The van der Waals surface area contributed by atoms with Gasteiger partial charge >= 0.3 is 0 Å². The summed E-state index contributed by atoms with van der Waals surface area (Å²) in [6.45, 7) is 5.38. The lowest BCUT2D eigenvalue weighted by Gasteiger charge is -2.25. The maximum atomic E-state index is 14.0. The summed E-state index contributed by atoms with van der Waals surface area (Å²) < 4.78 is 40.7. The highest BCUT2D eigenvalue weighted by molar-refractivity contribution is 7.92. The van der Waals surface area contributed by atoms with Crippen molar-refractivity contribution in [3.63, 3.8) is 0 Å². The Kier molecular flexibility index (Phi) is 8.20. The number of amides is 1. The van der Waals surface area contributed by atoms with Gasteiger partial charge in [0.25, 0.3) is 10.0 Å². The van der Waals surface area contributed by atoms with Crippen LogP contribution in [0.25, 0.3) is 20.8 Å². The number of nitrogens with zero attached hydrogens (tertiary/aromatic N) is 2. The lowest BCUT2D eigenvalue weighted by molar-refractivity contribution is -0.114. The zero-order valence-corrected chi connectivity index (χ0v) is 25.6. The van der Waals surface area contributed by atoms with Gasteiger partial charge in [-0.05, 0) is 98.1 Å². The van der Waals surface area contributed by atoms with Crippen molar-refractivity contribution in [3.8, 4) is 22.1 Å². The summed E-state index contributed by atoms with van der Waals surface area (Å²) in [6, 6.07) is 23.3. The van der Waals surface area contributed by atoms with E-state index >= 15 is 0 Å². The van der Waals surface area contributed by atoms with Crippen molar-refractivity contribution < 1.29 is 22.7 Å². The van der Waals surface area contributed by atoms with Gasteiger partial charge in [-0.25, -0.2) is 13.4 Å². The molecule has 0 aliphatic carbocycles. The second kappa shape index (κ2) is 11.8. The summed E-state index contributed by atoms with van der Waals surface area (Å²) in [6.07, 6.45) is 0. The van der Waals surface area contributed by atoms with Crippen LogP contribution in [0, 0.1) is 20.8 Å². The Bertz CT molecular complexity index is 1860. The quantitative estimate of drug-likeness (QED) is 0.201. The van der Waals surface area contributed by atoms with Crippen LogP contribution in [-0.4, -0.2) is 40.1 Å². The summed E-state index contributed by atoms with van der Waals surface area (Å²) in [5.41, 5.74) is 5.74. The van der Waals surface area contributed by atoms with Crippen LogP contribution in [0.15, 0.2) is 83.8 Å². The second-order valence-electron chi connectivity index (χ2n) is 9.99. The molecule has 1 heterocycles. The molecule has 0 spiro atoms. The third-order valence-electron chi connectivity index (χ3n) is 6.68. The smallest absolute Gasteiger partial charge is 0.264 e. The molecule has 0 bridgehead atoms. The van der Waals surface area contributed by atoms with Crippen molar-refractivity contribution in [3.05, 3.63) is 95.6 Å². The van der Waals surface area contributed by atoms with Crippen molar-refractivity contribution >= 4 is 48.9 Å². The minimum Gasteiger partial charge on any atom is -0.493 e. The number of anilines is 2. The molecule has 5 rings (SSSR count). The first kappa shape index (κ1) is 29.1. The lowest BCUT2D eigenvalue weighted by Crippen LogP contribution is -2.38. The predicted molar refractivity (Wildman–Crippen MR) is 168 cm³/mol. The first-order valence-corrected chi connectivity index (χ1v) is 15.4. The molecular formula is C32H31N3O5S2. The highest BCUT2D eigenvalue weighted by Crippen LogP contribution is 2.34. The molecule has 0 unspecified atom stereocenters. The molecule has 0 saturated heterocycles. The summed E-state index contributed by atoms with van der Waals surface area (Å²) in [7, 11) is -1.25. The van der Waals surface area contributed by atoms with E-state index in [1.165, 1.54) is 38.0 Å². The Labute approximate surface area is 249 Å². The minimum absolute atomic E-state index is 0.0255.